The standard InChI is InChI=1S/C15H25BrN2S/c1-5-11(2)14-7-17-15(3,4)10-18(14)8-13-6-12(16)9-19-13/h6,9,11,14,17H,5,7-8,10H2,1-4H3. The fourth-order valence-corrected chi connectivity index (χ4v) is 4.31. The zero-order valence-electron chi connectivity index (χ0n) is 12.4. The molecule has 0 amide bonds. The lowest BCUT2D eigenvalue weighted by molar-refractivity contribution is 0.0579. The Kier molecular flexibility index (Phi) is 5.09. The van der Waals surface area contributed by atoms with Crippen molar-refractivity contribution in [2.75, 3.05) is 13.1 Å². The fraction of sp³-hybridized carbons (Fsp3) is 0.733. The first-order valence-electron chi connectivity index (χ1n) is 7.13. The zero-order valence-corrected chi connectivity index (χ0v) is 14.8. The number of nitrogens with zero attached hydrogens (tertiary/aromatic N) is 1. The van der Waals surface area contributed by atoms with Crippen LogP contribution in [0.25, 0.3) is 0 Å². The summed E-state index contributed by atoms with van der Waals surface area (Å²) in [5.41, 5.74) is 0.221. The topological polar surface area (TPSA) is 15.3 Å². The minimum Gasteiger partial charge on any atom is -0.309 e. The number of rotatable bonds is 4. The Hall–Kier alpha value is 0.1000. The average molecular weight is 345 g/mol. The molecule has 1 saturated heterocycles. The van der Waals surface area contributed by atoms with Gasteiger partial charge in [0, 0.05) is 45.9 Å². The first-order chi connectivity index (χ1) is 8.91. The Morgan fingerprint density at radius 2 is 2.32 bits per heavy atom. The van der Waals surface area contributed by atoms with Crippen LogP contribution < -0.4 is 5.32 Å². The molecule has 0 aromatic carbocycles. The average Bonchev–Trinajstić information content (AvgIpc) is 2.73. The Labute approximate surface area is 129 Å². The van der Waals surface area contributed by atoms with Crippen molar-refractivity contribution in [3.8, 4) is 0 Å². The molecule has 2 atom stereocenters. The smallest absolute Gasteiger partial charge is 0.0332 e. The summed E-state index contributed by atoms with van der Waals surface area (Å²) in [6, 6.07) is 2.91. The zero-order chi connectivity index (χ0) is 14.0. The van der Waals surface area contributed by atoms with Gasteiger partial charge in [-0.05, 0) is 41.8 Å². The van der Waals surface area contributed by atoms with Crippen molar-refractivity contribution in [2.45, 2.75) is 52.2 Å². The molecule has 0 aliphatic carbocycles. The molecule has 1 fully saturated rings. The predicted molar refractivity (Wildman–Crippen MR) is 87.8 cm³/mol. The molecular weight excluding hydrogens is 320 g/mol. The largest absolute Gasteiger partial charge is 0.309 e. The second-order valence-corrected chi connectivity index (χ2v) is 8.27. The van der Waals surface area contributed by atoms with Gasteiger partial charge in [-0.2, -0.15) is 0 Å². The Morgan fingerprint density at radius 3 is 2.89 bits per heavy atom. The van der Waals surface area contributed by atoms with Crippen molar-refractivity contribution in [1.82, 2.24) is 10.2 Å². The first-order valence-corrected chi connectivity index (χ1v) is 8.80. The van der Waals surface area contributed by atoms with E-state index in [-0.39, 0.29) is 5.54 Å². The molecule has 1 aromatic heterocycles. The molecule has 2 unspecified atom stereocenters. The summed E-state index contributed by atoms with van der Waals surface area (Å²) in [5, 5.41) is 5.88. The van der Waals surface area contributed by atoms with E-state index < -0.39 is 0 Å². The molecule has 1 aromatic rings. The Morgan fingerprint density at radius 1 is 1.58 bits per heavy atom. The van der Waals surface area contributed by atoms with E-state index in [2.05, 4.69) is 65.3 Å². The second kappa shape index (κ2) is 6.25. The third-order valence-electron chi connectivity index (χ3n) is 4.14. The number of nitrogens with one attached hydrogen (secondary N) is 1. The molecule has 108 valence electrons. The molecule has 0 bridgehead atoms. The lowest BCUT2D eigenvalue weighted by Crippen LogP contribution is -2.62. The van der Waals surface area contributed by atoms with Crippen LogP contribution in [0.5, 0.6) is 0 Å². The van der Waals surface area contributed by atoms with Gasteiger partial charge in [-0.3, -0.25) is 4.90 Å². The number of thiophene rings is 1. The molecular formula is C15H25BrN2S. The van der Waals surface area contributed by atoms with Crippen LogP contribution in [-0.4, -0.2) is 29.6 Å². The molecule has 1 N–H and O–H groups in total. The van der Waals surface area contributed by atoms with Crippen molar-refractivity contribution < 1.29 is 0 Å². The van der Waals surface area contributed by atoms with Crippen LogP contribution in [-0.2, 0) is 6.54 Å². The van der Waals surface area contributed by atoms with E-state index in [1.807, 2.05) is 11.3 Å². The Bertz CT molecular complexity index is 416. The summed E-state index contributed by atoms with van der Waals surface area (Å²) in [6.07, 6.45) is 1.25. The molecule has 0 radical (unpaired) electrons. The maximum absolute atomic E-state index is 3.70. The van der Waals surface area contributed by atoms with Gasteiger partial charge in [0.15, 0.2) is 0 Å². The van der Waals surface area contributed by atoms with Gasteiger partial charge in [-0.1, -0.05) is 20.3 Å². The van der Waals surface area contributed by atoms with Gasteiger partial charge in [0.1, 0.15) is 0 Å². The molecule has 2 rings (SSSR count). The third kappa shape index (κ3) is 4.03. The van der Waals surface area contributed by atoms with Crippen LogP contribution in [0.2, 0.25) is 0 Å². The number of halogens is 1. The van der Waals surface area contributed by atoms with Gasteiger partial charge in [-0.15, -0.1) is 11.3 Å². The first kappa shape index (κ1) is 15.5. The van der Waals surface area contributed by atoms with Crippen molar-refractivity contribution >= 4 is 27.3 Å². The van der Waals surface area contributed by atoms with Crippen LogP contribution >= 0.6 is 27.3 Å². The summed E-state index contributed by atoms with van der Waals surface area (Å²) in [5.74, 6) is 0.743. The number of piperazine rings is 1. The van der Waals surface area contributed by atoms with Crippen LogP contribution in [0.4, 0.5) is 0 Å². The molecule has 4 heteroatoms. The number of hydrogen-bond acceptors (Lipinski definition) is 3. The van der Waals surface area contributed by atoms with Gasteiger partial charge in [0.05, 0.1) is 0 Å². The molecule has 0 saturated carbocycles. The van der Waals surface area contributed by atoms with Crippen LogP contribution in [0.1, 0.15) is 39.0 Å². The van der Waals surface area contributed by atoms with E-state index in [4.69, 9.17) is 0 Å². The Balaban J connectivity index is 2.11. The summed E-state index contributed by atoms with van der Waals surface area (Å²) in [4.78, 5) is 4.13. The maximum Gasteiger partial charge on any atom is 0.0332 e. The maximum atomic E-state index is 3.70. The molecule has 1 aliphatic heterocycles. The van der Waals surface area contributed by atoms with Gasteiger partial charge in [0.2, 0.25) is 0 Å². The molecule has 19 heavy (non-hydrogen) atoms. The van der Waals surface area contributed by atoms with Gasteiger partial charge >= 0.3 is 0 Å². The molecule has 1 aliphatic rings. The van der Waals surface area contributed by atoms with E-state index in [1.165, 1.54) is 15.8 Å². The lowest BCUT2D eigenvalue weighted by atomic mass is 9.91. The highest BCUT2D eigenvalue weighted by Gasteiger charge is 2.34. The SMILES string of the molecule is CCC(C)C1CNC(C)(C)CN1Cc1cc(Br)cs1. The summed E-state index contributed by atoms with van der Waals surface area (Å²) in [6.45, 7) is 12.6. The molecule has 2 nitrogen and oxygen atoms in total. The number of hydrogen-bond donors (Lipinski definition) is 1. The summed E-state index contributed by atoms with van der Waals surface area (Å²) >= 11 is 5.41. The van der Waals surface area contributed by atoms with Gasteiger partial charge in [0.25, 0.3) is 0 Å². The van der Waals surface area contributed by atoms with E-state index in [1.54, 1.807) is 0 Å². The lowest BCUT2D eigenvalue weighted by Gasteiger charge is -2.46. The highest BCUT2D eigenvalue weighted by Crippen LogP contribution is 2.27. The predicted octanol–water partition coefficient (Wildman–Crippen LogP) is 4.11. The third-order valence-corrected chi connectivity index (χ3v) is 5.82. The van der Waals surface area contributed by atoms with Crippen LogP contribution in [0, 0.1) is 5.92 Å². The van der Waals surface area contributed by atoms with Crippen LogP contribution in [0.3, 0.4) is 0 Å². The quantitative estimate of drug-likeness (QED) is 0.884. The minimum absolute atomic E-state index is 0.221. The second-order valence-electron chi connectivity index (χ2n) is 6.35. The van der Waals surface area contributed by atoms with Crippen molar-refractivity contribution in [1.29, 1.82) is 0 Å². The summed E-state index contributed by atoms with van der Waals surface area (Å²) in [7, 11) is 0. The van der Waals surface area contributed by atoms with Crippen molar-refractivity contribution in [3.05, 3.63) is 20.8 Å². The monoisotopic (exact) mass is 344 g/mol. The van der Waals surface area contributed by atoms with E-state index >= 15 is 0 Å². The van der Waals surface area contributed by atoms with Crippen LogP contribution in [0.15, 0.2) is 15.9 Å². The fourth-order valence-electron chi connectivity index (χ4n) is 2.83. The van der Waals surface area contributed by atoms with Crippen molar-refractivity contribution in [2.24, 2.45) is 5.92 Å². The summed E-state index contributed by atoms with van der Waals surface area (Å²) < 4.78 is 1.21. The van der Waals surface area contributed by atoms with E-state index in [0.717, 1.165) is 25.6 Å². The molecule has 0 spiro atoms. The van der Waals surface area contributed by atoms with E-state index in [9.17, 15) is 0 Å². The van der Waals surface area contributed by atoms with E-state index in [0.29, 0.717) is 6.04 Å². The van der Waals surface area contributed by atoms with Crippen molar-refractivity contribution in [3.63, 3.8) is 0 Å². The highest BCUT2D eigenvalue weighted by molar-refractivity contribution is 9.10. The molecule has 2 heterocycles. The highest BCUT2D eigenvalue weighted by atomic mass is 79.9. The van der Waals surface area contributed by atoms with Gasteiger partial charge < -0.3 is 5.32 Å². The normalized spacial score (nSPS) is 25.4. The van der Waals surface area contributed by atoms with Gasteiger partial charge in [-0.25, -0.2) is 0 Å². The minimum atomic E-state index is 0.221.